The summed E-state index contributed by atoms with van der Waals surface area (Å²) in [5, 5.41) is 32.3. The van der Waals surface area contributed by atoms with Gasteiger partial charge in [-0.25, -0.2) is 0 Å². The average molecular weight is 404 g/mol. The van der Waals surface area contributed by atoms with Crippen LogP contribution in [0.3, 0.4) is 0 Å². The van der Waals surface area contributed by atoms with Crippen LogP contribution in [-0.4, -0.2) is 46.9 Å². The Morgan fingerprint density at radius 2 is 0.591 bits per heavy atom. The Bertz CT molecular complexity index is 74.7. The minimum Gasteiger partial charge on any atom is -0.396 e. The van der Waals surface area contributed by atoms with Gasteiger partial charge >= 0.3 is 0 Å². The summed E-state index contributed by atoms with van der Waals surface area (Å²) in [4.78, 5) is 0. The largest absolute Gasteiger partial charge is 0.396 e. The molecule has 0 amide bonds. The zero-order valence-corrected chi connectivity index (χ0v) is 17.9. The molecule has 0 aromatic carbocycles. The van der Waals surface area contributed by atoms with Crippen LogP contribution in [-0.2, 0) is 22.4 Å². The molecule has 0 fully saturated rings. The van der Waals surface area contributed by atoms with Gasteiger partial charge in [0.25, 0.3) is 0 Å². The maximum Gasteiger partial charge on any atom is 0.0430 e. The molecule has 0 saturated carbocycles. The third-order valence-corrected chi connectivity index (χ3v) is 2.05. The summed E-state index contributed by atoms with van der Waals surface area (Å²) >= 11 is 0. The van der Waals surface area contributed by atoms with Gasteiger partial charge < -0.3 is 27.9 Å². The summed E-state index contributed by atoms with van der Waals surface area (Å²) < 4.78 is 0. The van der Waals surface area contributed by atoms with Gasteiger partial charge in [0.05, 0.1) is 0 Å². The van der Waals surface area contributed by atoms with Crippen LogP contribution in [0.15, 0.2) is 0 Å². The van der Waals surface area contributed by atoms with E-state index in [9.17, 15) is 0 Å². The third kappa shape index (κ3) is 107. The minimum absolute atomic E-state index is 0. The van der Waals surface area contributed by atoms with Crippen molar-refractivity contribution in [2.75, 3.05) is 26.4 Å². The smallest absolute Gasteiger partial charge is 0.0430 e. The van der Waals surface area contributed by atoms with Crippen LogP contribution in [0, 0.1) is 7.43 Å². The van der Waals surface area contributed by atoms with Crippen molar-refractivity contribution in [2.24, 2.45) is 0 Å². The fourth-order valence-electron chi connectivity index (χ4n) is 0.632. The monoisotopic (exact) mass is 404 g/mol. The van der Waals surface area contributed by atoms with Gasteiger partial charge in [0, 0.05) is 48.8 Å². The number of rotatable bonds is 8. The van der Waals surface area contributed by atoms with E-state index in [0.29, 0.717) is 26.4 Å². The van der Waals surface area contributed by atoms with Crippen molar-refractivity contribution in [3.63, 3.8) is 0 Å². The Balaban J connectivity index is -0.0000000376. The molecule has 0 atom stereocenters. The molecule has 0 unspecified atom stereocenters. The predicted octanol–water partition coefficient (Wildman–Crippen LogP) is 3.56. The summed E-state index contributed by atoms with van der Waals surface area (Å²) in [7, 11) is 0. The molecule has 5 heteroatoms. The van der Waals surface area contributed by atoms with Crippen LogP contribution in [0.4, 0.5) is 0 Å². The number of aliphatic hydroxyl groups is 4. The molecule has 0 rings (SSSR count). The van der Waals surface area contributed by atoms with Crippen LogP contribution in [0.25, 0.3) is 0 Å². The van der Waals surface area contributed by atoms with Gasteiger partial charge in [0.2, 0.25) is 0 Å². The first-order valence-electron chi connectivity index (χ1n) is 8.09. The maximum absolute atomic E-state index is 8.07. The number of unbranched alkanes of at least 4 members (excludes halogenated alkanes) is 4. The van der Waals surface area contributed by atoms with Crippen molar-refractivity contribution in [1.29, 1.82) is 0 Å². The first-order valence-corrected chi connectivity index (χ1v) is 8.09. The third-order valence-electron chi connectivity index (χ3n) is 2.05. The molecular weight excluding hydrogens is 361 g/mol. The molecule has 22 heavy (non-hydrogen) atoms. The Morgan fingerprint density at radius 1 is 0.455 bits per heavy atom. The topological polar surface area (TPSA) is 80.9 Å². The van der Waals surface area contributed by atoms with E-state index in [1.807, 2.05) is 0 Å². The van der Waals surface area contributed by atoms with E-state index in [2.05, 4.69) is 27.7 Å². The van der Waals surface area contributed by atoms with E-state index in [0.717, 1.165) is 51.4 Å². The fourth-order valence-corrected chi connectivity index (χ4v) is 0.632. The second-order valence-corrected chi connectivity index (χ2v) is 4.31. The van der Waals surface area contributed by atoms with E-state index in [1.54, 1.807) is 0 Å². The maximum atomic E-state index is 8.07. The van der Waals surface area contributed by atoms with Gasteiger partial charge in [0.15, 0.2) is 0 Å². The van der Waals surface area contributed by atoms with Gasteiger partial charge in [0.1, 0.15) is 0 Å². The average Bonchev–Trinajstić information content (AvgIpc) is 2.44. The Labute approximate surface area is 155 Å². The van der Waals surface area contributed by atoms with Crippen molar-refractivity contribution in [1.82, 2.24) is 0 Å². The van der Waals surface area contributed by atoms with Crippen LogP contribution < -0.4 is 0 Å². The van der Waals surface area contributed by atoms with E-state index < -0.39 is 0 Å². The predicted molar refractivity (Wildman–Crippen MR) is 94.4 cm³/mol. The van der Waals surface area contributed by atoms with Crippen molar-refractivity contribution >= 4 is 0 Å². The number of aliphatic hydroxyl groups excluding tert-OH is 4. The molecule has 0 aliphatic carbocycles. The molecule has 0 aromatic rings. The second-order valence-electron chi connectivity index (χ2n) is 4.31. The Kier molecular flexibility index (Phi) is 100. The molecule has 0 aliphatic heterocycles. The molecule has 4 N–H and O–H groups in total. The van der Waals surface area contributed by atoms with Crippen LogP contribution in [0.2, 0.25) is 0 Å². The second kappa shape index (κ2) is 57.8. The quantitative estimate of drug-likeness (QED) is 0.368. The van der Waals surface area contributed by atoms with E-state index in [-0.39, 0.29) is 29.8 Å². The molecule has 0 aromatic heterocycles. The summed E-state index contributed by atoms with van der Waals surface area (Å²) in [5.41, 5.74) is 0. The van der Waals surface area contributed by atoms with Crippen molar-refractivity contribution in [2.45, 2.75) is 79.1 Å². The number of hydrogen-bond acceptors (Lipinski definition) is 4. The van der Waals surface area contributed by atoms with Crippen molar-refractivity contribution in [3.8, 4) is 0 Å². The first-order chi connectivity index (χ1) is 9.66. The molecule has 4 nitrogen and oxygen atoms in total. The summed E-state index contributed by atoms with van der Waals surface area (Å²) in [6.07, 6.45) is 8.15. The normalized spacial score (nSPS) is 7.64. The van der Waals surface area contributed by atoms with Gasteiger partial charge in [-0.15, -0.1) is 0 Å². The fraction of sp³-hybridized carbons (Fsp3) is 0.941. The van der Waals surface area contributed by atoms with Crippen molar-refractivity contribution in [3.05, 3.63) is 7.43 Å². The van der Waals surface area contributed by atoms with E-state index in [4.69, 9.17) is 20.4 Å². The van der Waals surface area contributed by atoms with Crippen LogP contribution >= 0.6 is 0 Å². The molecule has 1 radical (unpaired) electrons. The summed E-state index contributed by atoms with van der Waals surface area (Å²) in [6.45, 7) is 9.58. The first kappa shape index (κ1) is 38.3. The Hall–Kier alpha value is 0.580. The zero-order valence-electron chi connectivity index (χ0n) is 15.7. The number of hydrogen-bond donors (Lipinski definition) is 4. The summed E-state index contributed by atoms with van der Waals surface area (Å²) in [5.74, 6) is 0. The molecule has 0 heterocycles. The molecule has 0 aliphatic rings. The molecular formula is C17H43NbO4-. The molecule has 0 saturated heterocycles. The van der Waals surface area contributed by atoms with Gasteiger partial charge in [-0.3, -0.25) is 0 Å². The summed E-state index contributed by atoms with van der Waals surface area (Å²) in [6, 6.07) is 0. The SMILES string of the molecule is CCCCO.CCCCO.CCCCO.CCCCO.[CH3-].[Nb]. The van der Waals surface area contributed by atoms with E-state index in [1.165, 1.54) is 0 Å². The van der Waals surface area contributed by atoms with Gasteiger partial charge in [-0.1, -0.05) is 53.4 Å². The van der Waals surface area contributed by atoms with Crippen LogP contribution in [0.5, 0.6) is 0 Å². The Morgan fingerprint density at radius 3 is 0.591 bits per heavy atom. The molecule has 0 bridgehead atoms. The van der Waals surface area contributed by atoms with E-state index >= 15 is 0 Å². The van der Waals surface area contributed by atoms with Crippen molar-refractivity contribution < 1.29 is 42.8 Å². The van der Waals surface area contributed by atoms with Crippen LogP contribution in [0.1, 0.15) is 79.1 Å². The standard InChI is InChI=1S/4C4H10O.CH3.Nb/c4*1-2-3-4-5;;/h4*5H,2-4H2,1H3;1H3;/q;;;;-1;. The minimum atomic E-state index is 0. The zero-order chi connectivity index (χ0) is 16.5. The molecule has 0 spiro atoms. The van der Waals surface area contributed by atoms with Gasteiger partial charge in [-0.2, -0.15) is 0 Å². The molecule has 141 valence electrons. The van der Waals surface area contributed by atoms with Gasteiger partial charge in [-0.05, 0) is 25.7 Å².